The monoisotopic (exact) mass is 360 g/mol. The van der Waals surface area contributed by atoms with E-state index in [0.29, 0.717) is 11.6 Å². The lowest BCUT2D eigenvalue weighted by Crippen LogP contribution is -2.17. The summed E-state index contributed by atoms with van der Waals surface area (Å²) < 4.78 is 2.76. The minimum atomic E-state index is -1.24. The average Bonchev–Trinajstić information content (AvgIpc) is 3.16. The van der Waals surface area contributed by atoms with Crippen molar-refractivity contribution in [2.75, 3.05) is 5.32 Å². The average molecular weight is 361 g/mol. The number of anilines is 1. The van der Waals surface area contributed by atoms with Crippen LogP contribution in [0, 0.1) is 0 Å². The Labute approximate surface area is 146 Å². The van der Waals surface area contributed by atoms with Gasteiger partial charge in [0.1, 0.15) is 11.9 Å². The van der Waals surface area contributed by atoms with Gasteiger partial charge in [-0.25, -0.2) is 14.5 Å². The molecule has 0 aliphatic heterocycles. The molecule has 9 nitrogen and oxygen atoms in total. The van der Waals surface area contributed by atoms with Crippen LogP contribution in [-0.2, 0) is 13.6 Å². The molecule has 10 heteroatoms. The molecule has 0 atom stereocenters. The number of carboxylic acid groups (broad SMARTS) is 1. The Hall–Kier alpha value is -3.20. The predicted molar refractivity (Wildman–Crippen MR) is 88.7 cm³/mol. The van der Waals surface area contributed by atoms with Crippen molar-refractivity contribution < 1.29 is 14.7 Å². The van der Waals surface area contributed by atoms with E-state index < -0.39 is 11.9 Å². The van der Waals surface area contributed by atoms with Crippen LogP contribution in [0.25, 0.3) is 0 Å². The fraction of sp³-hybridized carbons (Fsp3) is 0.133. The van der Waals surface area contributed by atoms with Crippen LogP contribution in [0.2, 0.25) is 5.02 Å². The van der Waals surface area contributed by atoms with Crippen LogP contribution in [0.15, 0.2) is 36.8 Å². The number of aryl methyl sites for hydroxylation is 1. The summed E-state index contributed by atoms with van der Waals surface area (Å²) in [6.45, 7) is 0.381. The van der Waals surface area contributed by atoms with Gasteiger partial charge in [-0.3, -0.25) is 14.8 Å². The van der Waals surface area contributed by atoms with E-state index in [2.05, 4.69) is 20.5 Å². The van der Waals surface area contributed by atoms with Crippen LogP contribution in [0.1, 0.15) is 26.4 Å². The second kappa shape index (κ2) is 6.73. The maximum Gasteiger partial charge on any atom is 0.339 e. The smallest absolute Gasteiger partial charge is 0.339 e. The lowest BCUT2D eigenvalue weighted by atomic mass is 10.2. The first-order chi connectivity index (χ1) is 11.9. The molecule has 0 unspecified atom stereocenters. The first kappa shape index (κ1) is 16.7. The first-order valence-corrected chi connectivity index (χ1v) is 7.53. The van der Waals surface area contributed by atoms with E-state index in [1.54, 1.807) is 6.07 Å². The Balaban J connectivity index is 1.74. The molecule has 0 saturated heterocycles. The van der Waals surface area contributed by atoms with Gasteiger partial charge in [-0.1, -0.05) is 29.8 Å². The molecule has 0 bridgehead atoms. The van der Waals surface area contributed by atoms with Gasteiger partial charge in [0, 0.05) is 18.3 Å². The molecule has 128 valence electrons. The Kier molecular flexibility index (Phi) is 4.48. The summed E-state index contributed by atoms with van der Waals surface area (Å²) in [4.78, 5) is 27.3. The number of amides is 1. The van der Waals surface area contributed by atoms with Crippen molar-refractivity contribution in [2.24, 2.45) is 7.05 Å². The molecular formula is C15H13ClN6O3. The first-order valence-electron chi connectivity index (χ1n) is 7.15. The number of hydrogen-bond donors (Lipinski definition) is 2. The molecule has 2 aromatic heterocycles. The van der Waals surface area contributed by atoms with E-state index in [9.17, 15) is 9.59 Å². The van der Waals surface area contributed by atoms with E-state index in [1.165, 1.54) is 28.9 Å². The minimum absolute atomic E-state index is 0.0408. The van der Waals surface area contributed by atoms with E-state index in [1.807, 2.05) is 18.2 Å². The van der Waals surface area contributed by atoms with Crippen LogP contribution in [0.4, 0.5) is 5.95 Å². The molecule has 3 rings (SSSR count). The summed E-state index contributed by atoms with van der Waals surface area (Å²) in [6, 6.07) is 7.31. The predicted octanol–water partition coefficient (Wildman–Crippen LogP) is 1.66. The van der Waals surface area contributed by atoms with Crippen molar-refractivity contribution in [1.82, 2.24) is 24.5 Å². The molecule has 2 N–H and O–H groups in total. The van der Waals surface area contributed by atoms with Gasteiger partial charge in [0.2, 0.25) is 5.95 Å². The molecule has 0 saturated carbocycles. The number of carbonyl (C=O) groups is 2. The van der Waals surface area contributed by atoms with Gasteiger partial charge in [0.05, 0.1) is 6.54 Å². The number of hydrogen-bond acceptors (Lipinski definition) is 5. The second-order valence-electron chi connectivity index (χ2n) is 5.18. The molecule has 0 aliphatic carbocycles. The molecule has 1 aromatic carbocycles. The summed E-state index contributed by atoms with van der Waals surface area (Å²) in [6.07, 6.45) is 2.69. The molecule has 1 amide bonds. The van der Waals surface area contributed by atoms with Crippen LogP contribution in [0.5, 0.6) is 0 Å². The number of nitrogens with one attached hydrogen (secondary N) is 1. The Morgan fingerprint density at radius 2 is 2.04 bits per heavy atom. The lowest BCUT2D eigenvalue weighted by molar-refractivity contribution is 0.0692. The number of aromatic nitrogens is 5. The highest BCUT2D eigenvalue weighted by Crippen LogP contribution is 2.16. The Morgan fingerprint density at radius 1 is 1.28 bits per heavy atom. The van der Waals surface area contributed by atoms with Gasteiger partial charge in [-0.2, -0.15) is 5.10 Å². The second-order valence-corrected chi connectivity index (χ2v) is 5.59. The van der Waals surface area contributed by atoms with Crippen LogP contribution in [0.3, 0.4) is 0 Å². The zero-order chi connectivity index (χ0) is 18.0. The van der Waals surface area contributed by atoms with Crippen LogP contribution >= 0.6 is 11.6 Å². The van der Waals surface area contributed by atoms with Crippen molar-refractivity contribution in [2.45, 2.75) is 6.54 Å². The quantitative estimate of drug-likeness (QED) is 0.715. The fourth-order valence-electron chi connectivity index (χ4n) is 2.20. The minimum Gasteiger partial charge on any atom is -0.478 e. The number of carbonyl (C=O) groups excluding carboxylic acids is 1. The van der Waals surface area contributed by atoms with E-state index >= 15 is 0 Å². The van der Waals surface area contributed by atoms with Crippen molar-refractivity contribution in [3.63, 3.8) is 0 Å². The third-order valence-electron chi connectivity index (χ3n) is 3.33. The van der Waals surface area contributed by atoms with Gasteiger partial charge >= 0.3 is 5.97 Å². The fourth-order valence-corrected chi connectivity index (χ4v) is 2.40. The van der Waals surface area contributed by atoms with E-state index in [-0.39, 0.29) is 17.2 Å². The van der Waals surface area contributed by atoms with Crippen molar-refractivity contribution in [1.29, 1.82) is 0 Å². The van der Waals surface area contributed by atoms with Crippen molar-refractivity contribution in [3.05, 3.63) is 58.6 Å². The van der Waals surface area contributed by atoms with Gasteiger partial charge < -0.3 is 5.11 Å². The van der Waals surface area contributed by atoms with Crippen LogP contribution < -0.4 is 5.32 Å². The van der Waals surface area contributed by atoms with E-state index in [4.69, 9.17) is 16.7 Å². The van der Waals surface area contributed by atoms with Crippen molar-refractivity contribution >= 4 is 29.4 Å². The third kappa shape index (κ3) is 3.66. The van der Waals surface area contributed by atoms with Gasteiger partial charge in [0.15, 0.2) is 5.69 Å². The molecule has 25 heavy (non-hydrogen) atoms. The van der Waals surface area contributed by atoms with Crippen LogP contribution in [-0.4, -0.2) is 41.5 Å². The third-order valence-corrected chi connectivity index (χ3v) is 3.69. The number of rotatable bonds is 5. The molecule has 0 spiro atoms. The normalized spacial score (nSPS) is 10.6. The maximum absolute atomic E-state index is 12.2. The van der Waals surface area contributed by atoms with Gasteiger partial charge in [-0.15, -0.1) is 5.10 Å². The standard InChI is InChI=1S/C15H13ClN6O3/c1-21-7-10(14(24)25)12(19-21)13(23)18-15-17-8-22(20-15)6-9-4-2-3-5-11(9)16/h2-5,7-8H,6H2,1H3,(H,24,25)(H,18,20,23). The molecular weight excluding hydrogens is 348 g/mol. The number of benzene rings is 1. The van der Waals surface area contributed by atoms with Crippen molar-refractivity contribution in [3.8, 4) is 0 Å². The topological polar surface area (TPSA) is 115 Å². The van der Waals surface area contributed by atoms with E-state index in [0.717, 1.165) is 5.56 Å². The maximum atomic E-state index is 12.2. The summed E-state index contributed by atoms with van der Waals surface area (Å²) in [5, 5.41) is 20.1. The number of carboxylic acids is 1. The SMILES string of the molecule is Cn1cc(C(=O)O)c(C(=O)Nc2ncn(Cc3ccccc3Cl)n2)n1. The molecule has 2 heterocycles. The Morgan fingerprint density at radius 3 is 2.76 bits per heavy atom. The largest absolute Gasteiger partial charge is 0.478 e. The molecule has 0 fully saturated rings. The molecule has 0 radical (unpaired) electrons. The number of aromatic carboxylic acids is 1. The summed E-state index contributed by atoms with van der Waals surface area (Å²) in [5.74, 6) is -1.90. The summed E-state index contributed by atoms with van der Waals surface area (Å²) in [7, 11) is 1.53. The zero-order valence-electron chi connectivity index (χ0n) is 13.0. The van der Waals surface area contributed by atoms with Gasteiger partial charge in [0.25, 0.3) is 5.91 Å². The molecule has 3 aromatic rings. The highest BCUT2D eigenvalue weighted by Gasteiger charge is 2.22. The number of halogens is 1. The highest BCUT2D eigenvalue weighted by molar-refractivity contribution is 6.31. The highest BCUT2D eigenvalue weighted by atomic mass is 35.5. The summed E-state index contributed by atoms with van der Waals surface area (Å²) >= 11 is 6.10. The van der Waals surface area contributed by atoms with Gasteiger partial charge in [-0.05, 0) is 11.6 Å². The lowest BCUT2D eigenvalue weighted by Gasteiger charge is -2.03. The Bertz CT molecular complexity index is 948. The summed E-state index contributed by atoms with van der Waals surface area (Å²) in [5.41, 5.74) is 0.442. The molecule has 0 aliphatic rings. The number of nitrogens with zero attached hydrogens (tertiary/aromatic N) is 5. The zero-order valence-corrected chi connectivity index (χ0v) is 13.8.